The second-order valence-corrected chi connectivity index (χ2v) is 5.26. The van der Waals surface area contributed by atoms with Crippen molar-refractivity contribution in [1.29, 1.82) is 0 Å². The number of piperidine rings is 1. The van der Waals surface area contributed by atoms with Crippen LogP contribution in [0.3, 0.4) is 0 Å². The van der Waals surface area contributed by atoms with E-state index < -0.39 is 0 Å². The highest BCUT2D eigenvalue weighted by Crippen LogP contribution is 2.14. The van der Waals surface area contributed by atoms with Crippen LogP contribution in [0.1, 0.15) is 46.5 Å². The fraction of sp³-hybridized carbons (Fsp3) is 1.00. The molecule has 102 valence electrons. The summed E-state index contributed by atoms with van der Waals surface area (Å²) in [6, 6.07) is 0.613. The van der Waals surface area contributed by atoms with Gasteiger partial charge in [-0.1, -0.05) is 33.6 Å². The predicted molar refractivity (Wildman–Crippen MR) is 73.2 cm³/mol. The Hall–Kier alpha value is -0.120. The Balaban J connectivity index is 2.18. The first-order chi connectivity index (χ1) is 8.21. The number of likely N-dealkylation sites (tertiary alicyclic amines) is 1. The molecule has 1 atom stereocenters. The fourth-order valence-electron chi connectivity index (χ4n) is 2.74. The minimum absolute atomic E-state index is 0.172. The Morgan fingerprint density at radius 3 is 2.24 bits per heavy atom. The first-order valence-electron chi connectivity index (χ1n) is 7.35. The standard InChI is InChI=1S/C14H30N2O/c1-4-12(5-2)14(17)11-15-13-7-9-16(6-3)10-8-13/h12-15,17H,4-11H2,1-3H3. The SMILES string of the molecule is CCC(CC)C(O)CNC1CCN(CC)CC1. The molecule has 0 amide bonds. The molecule has 1 fully saturated rings. The fourth-order valence-corrected chi connectivity index (χ4v) is 2.74. The number of rotatable bonds is 7. The molecule has 0 aromatic carbocycles. The normalized spacial score (nSPS) is 21.0. The first-order valence-corrected chi connectivity index (χ1v) is 7.35. The molecule has 17 heavy (non-hydrogen) atoms. The number of nitrogens with one attached hydrogen (secondary N) is 1. The van der Waals surface area contributed by atoms with E-state index in [0.717, 1.165) is 19.4 Å². The molecule has 0 aliphatic carbocycles. The summed E-state index contributed by atoms with van der Waals surface area (Å²) >= 11 is 0. The Morgan fingerprint density at radius 1 is 1.18 bits per heavy atom. The van der Waals surface area contributed by atoms with E-state index in [0.29, 0.717) is 12.0 Å². The summed E-state index contributed by atoms with van der Waals surface area (Å²) in [4.78, 5) is 2.50. The van der Waals surface area contributed by atoms with Gasteiger partial charge in [-0.05, 0) is 38.4 Å². The van der Waals surface area contributed by atoms with Gasteiger partial charge in [0.2, 0.25) is 0 Å². The molecule has 0 saturated carbocycles. The third-order valence-electron chi connectivity index (χ3n) is 4.24. The van der Waals surface area contributed by atoms with Gasteiger partial charge in [0.15, 0.2) is 0 Å². The minimum Gasteiger partial charge on any atom is -0.392 e. The van der Waals surface area contributed by atoms with Crippen LogP contribution in [-0.4, -0.2) is 48.3 Å². The van der Waals surface area contributed by atoms with Gasteiger partial charge < -0.3 is 15.3 Å². The lowest BCUT2D eigenvalue weighted by Crippen LogP contribution is -2.45. The molecule has 3 heteroatoms. The Kier molecular flexibility index (Phi) is 7.09. The van der Waals surface area contributed by atoms with Crippen molar-refractivity contribution in [2.75, 3.05) is 26.2 Å². The summed E-state index contributed by atoms with van der Waals surface area (Å²) in [5, 5.41) is 13.6. The molecule has 3 nitrogen and oxygen atoms in total. The quantitative estimate of drug-likeness (QED) is 0.715. The smallest absolute Gasteiger partial charge is 0.0692 e. The van der Waals surface area contributed by atoms with Crippen LogP contribution in [0.2, 0.25) is 0 Å². The maximum atomic E-state index is 10.1. The average Bonchev–Trinajstić information content (AvgIpc) is 2.38. The minimum atomic E-state index is -0.172. The molecule has 0 radical (unpaired) electrons. The van der Waals surface area contributed by atoms with E-state index in [1.165, 1.54) is 32.5 Å². The molecule has 0 spiro atoms. The van der Waals surface area contributed by atoms with Crippen molar-refractivity contribution in [2.45, 2.75) is 58.6 Å². The number of nitrogens with zero attached hydrogens (tertiary/aromatic N) is 1. The summed E-state index contributed by atoms with van der Waals surface area (Å²) in [6.07, 6.45) is 4.43. The molecule has 1 rings (SSSR count). The molecule has 0 aromatic rings. The topological polar surface area (TPSA) is 35.5 Å². The van der Waals surface area contributed by atoms with Gasteiger partial charge >= 0.3 is 0 Å². The lowest BCUT2D eigenvalue weighted by atomic mass is 9.96. The summed E-state index contributed by atoms with van der Waals surface area (Å²) in [5.74, 6) is 0.457. The van der Waals surface area contributed by atoms with E-state index in [2.05, 4.69) is 31.0 Å². The summed E-state index contributed by atoms with van der Waals surface area (Å²) in [6.45, 7) is 10.9. The molecule has 0 aromatic heterocycles. The average molecular weight is 242 g/mol. The van der Waals surface area contributed by atoms with E-state index in [1.807, 2.05) is 0 Å². The highest BCUT2D eigenvalue weighted by molar-refractivity contribution is 4.78. The third-order valence-corrected chi connectivity index (χ3v) is 4.24. The Morgan fingerprint density at radius 2 is 1.76 bits per heavy atom. The number of hydrogen-bond acceptors (Lipinski definition) is 3. The van der Waals surface area contributed by atoms with Crippen molar-refractivity contribution < 1.29 is 5.11 Å². The van der Waals surface area contributed by atoms with Crippen molar-refractivity contribution in [3.63, 3.8) is 0 Å². The lowest BCUT2D eigenvalue weighted by Gasteiger charge is -2.32. The van der Waals surface area contributed by atoms with Gasteiger partial charge in [-0.25, -0.2) is 0 Å². The van der Waals surface area contributed by atoms with Crippen molar-refractivity contribution in [3.05, 3.63) is 0 Å². The van der Waals surface area contributed by atoms with Crippen molar-refractivity contribution in [1.82, 2.24) is 10.2 Å². The molecular weight excluding hydrogens is 212 g/mol. The van der Waals surface area contributed by atoms with Gasteiger partial charge in [-0.3, -0.25) is 0 Å². The second-order valence-electron chi connectivity index (χ2n) is 5.26. The zero-order valence-electron chi connectivity index (χ0n) is 11.8. The predicted octanol–water partition coefficient (Wildman–Crippen LogP) is 1.86. The van der Waals surface area contributed by atoms with Crippen LogP contribution >= 0.6 is 0 Å². The molecule has 0 bridgehead atoms. The van der Waals surface area contributed by atoms with E-state index in [4.69, 9.17) is 0 Å². The van der Waals surface area contributed by atoms with Crippen molar-refractivity contribution in [3.8, 4) is 0 Å². The lowest BCUT2D eigenvalue weighted by molar-refractivity contribution is 0.0932. The number of hydrogen-bond donors (Lipinski definition) is 2. The Labute approximate surface area is 107 Å². The molecule has 1 unspecified atom stereocenters. The molecule has 1 saturated heterocycles. The zero-order chi connectivity index (χ0) is 12.7. The first kappa shape index (κ1) is 14.9. The zero-order valence-corrected chi connectivity index (χ0v) is 11.8. The maximum absolute atomic E-state index is 10.1. The van der Waals surface area contributed by atoms with Crippen LogP contribution in [0.4, 0.5) is 0 Å². The van der Waals surface area contributed by atoms with Crippen LogP contribution in [0.25, 0.3) is 0 Å². The van der Waals surface area contributed by atoms with Crippen LogP contribution in [0.5, 0.6) is 0 Å². The second kappa shape index (κ2) is 8.06. The maximum Gasteiger partial charge on any atom is 0.0692 e. The van der Waals surface area contributed by atoms with Crippen LogP contribution in [0, 0.1) is 5.92 Å². The van der Waals surface area contributed by atoms with E-state index in [-0.39, 0.29) is 6.10 Å². The van der Waals surface area contributed by atoms with Crippen molar-refractivity contribution in [2.24, 2.45) is 5.92 Å². The van der Waals surface area contributed by atoms with Gasteiger partial charge in [-0.15, -0.1) is 0 Å². The third kappa shape index (κ3) is 4.94. The number of aliphatic hydroxyl groups excluding tert-OH is 1. The molecular formula is C14H30N2O. The van der Waals surface area contributed by atoms with E-state index in [9.17, 15) is 5.11 Å². The van der Waals surface area contributed by atoms with Gasteiger partial charge in [0.1, 0.15) is 0 Å². The molecule has 1 aliphatic rings. The van der Waals surface area contributed by atoms with Gasteiger partial charge in [-0.2, -0.15) is 0 Å². The van der Waals surface area contributed by atoms with Gasteiger partial charge in [0, 0.05) is 12.6 Å². The summed E-state index contributed by atoms with van der Waals surface area (Å²) in [5.41, 5.74) is 0. The summed E-state index contributed by atoms with van der Waals surface area (Å²) in [7, 11) is 0. The van der Waals surface area contributed by atoms with Crippen LogP contribution in [0.15, 0.2) is 0 Å². The van der Waals surface area contributed by atoms with Crippen molar-refractivity contribution >= 4 is 0 Å². The summed E-state index contributed by atoms with van der Waals surface area (Å²) < 4.78 is 0. The number of aliphatic hydroxyl groups is 1. The van der Waals surface area contributed by atoms with Gasteiger partial charge in [0.25, 0.3) is 0 Å². The van der Waals surface area contributed by atoms with Crippen LogP contribution < -0.4 is 5.32 Å². The molecule has 1 heterocycles. The Bertz CT molecular complexity index is 187. The monoisotopic (exact) mass is 242 g/mol. The highest BCUT2D eigenvalue weighted by atomic mass is 16.3. The van der Waals surface area contributed by atoms with Crippen LogP contribution in [-0.2, 0) is 0 Å². The van der Waals surface area contributed by atoms with E-state index in [1.54, 1.807) is 0 Å². The highest BCUT2D eigenvalue weighted by Gasteiger charge is 2.20. The van der Waals surface area contributed by atoms with E-state index >= 15 is 0 Å². The molecule has 2 N–H and O–H groups in total. The van der Waals surface area contributed by atoms with Gasteiger partial charge in [0.05, 0.1) is 6.10 Å². The molecule has 1 aliphatic heterocycles. The largest absolute Gasteiger partial charge is 0.392 e.